The molecule has 0 aliphatic carbocycles. The minimum Gasteiger partial charge on any atom is -0.456 e. The zero-order chi connectivity index (χ0) is 13.8. The van der Waals surface area contributed by atoms with Gasteiger partial charge in [0.05, 0.1) is 4.47 Å². The van der Waals surface area contributed by atoms with Gasteiger partial charge in [-0.3, -0.25) is 0 Å². The first-order valence-corrected chi connectivity index (χ1v) is 6.82. The Morgan fingerprint density at radius 2 is 1.95 bits per heavy atom. The molecule has 2 nitrogen and oxygen atoms in total. The van der Waals surface area contributed by atoms with Crippen LogP contribution in [0.5, 0.6) is 11.5 Å². The molecule has 0 aromatic heterocycles. The molecule has 19 heavy (non-hydrogen) atoms. The van der Waals surface area contributed by atoms with Crippen LogP contribution in [0.25, 0.3) is 0 Å². The van der Waals surface area contributed by atoms with E-state index in [1.807, 2.05) is 25.1 Å². The molecule has 0 unspecified atom stereocenters. The van der Waals surface area contributed by atoms with Crippen molar-refractivity contribution >= 4 is 15.9 Å². The molecule has 0 spiro atoms. The molecule has 4 heteroatoms. The summed E-state index contributed by atoms with van der Waals surface area (Å²) >= 11 is 3.46. The van der Waals surface area contributed by atoms with Crippen LogP contribution in [0.1, 0.15) is 11.1 Å². The standard InChI is InChI=1S/C15H15BrFNO/c1-10-2-4-12(17)9-15(10)19-14-5-3-11(6-7-18)8-13(14)16/h2-5,8-9H,6-7,18H2,1H3. The molecule has 0 radical (unpaired) electrons. The Labute approximate surface area is 120 Å². The molecule has 2 aromatic rings. The highest BCUT2D eigenvalue weighted by atomic mass is 79.9. The van der Waals surface area contributed by atoms with E-state index >= 15 is 0 Å². The number of aryl methyl sites for hydroxylation is 1. The summed E-state index contributed by atoms with van der Waals surface area (Å²) in [6.07, 6.45) is 0.817. The van der Waals surface area contributed by atoms with Crippen LogP contribution < -0.4 is 10.5 Å². The molecule has 2 aromatic carbocycles. The van der Waals surface area contributed by atoms with Crippen molar-refractivity contribution in [2.24, 2.45) is 5.73 Å². The van der Waals surface area contributed by atoms with E-state index < -0.39 is 0 Å². The third-order valence-corrected chi connectivity index (χ3v) is 3.42. The van der Waals surface area contributed by atoms with Gasteiger partial charge in [0, 0.05) is 6.07 Å². The Kier molecular flexibility index (Phi) is 4.56. The first kappa shape index (κ1) is 14.0. The summed E-state index contributed by atoms with van der Waals surface area (Å²) in [5.74, 6) is 0.873. The third kappa shape index (κ3) is 3.55. The summed E-state index contributed by atoms with van der Waals surface area (Å²) in [6, 6.07) is 10.3. The first-order valence-electron chi connectivity index (χ1n) is 6.02. The Morgan fingerprint density at radius 3 is 2.63 bits per heavy atom. The molecule has 0 aliphatic heterocycles. The SMILES string of the molecule is Cc1ccc(F)cc1Oc1ccc(CCN)cc1Br. The molecule has 0 bridgehead atoms. The Hall–Kier alpha value is -1.39. The molecule has 0 aliphatic rings. The van der Waals surface area contributed by atoms with Crippen LogP contribution in [0.2, 0.25) is 0 Å². The van der Waals surface area contributed by atoms with E-state index in [9.17, 15) is 4.39 Å². The lowest BCUT2D eigenvalue weighted by Crippen LogP contribution is -2.02. The minimum absolute atomic E-state index is 0.309. The Morgan fingerprint density at radius 1 is 1.16 bits per heavy atom. The molecule has 2 rings (SSSR count). The molecule has 100 valence electrons. The van der Waals surface area contributed by atoms with Gasteiger partial charge in [-0.15, -0.1) is 0 Å². The Bertz CT molecular complexity index is 586. The van der Waals surface area contributed by atoms with Crippen LogP contribution >= 0.6 is 15.9 Å². The molecule has 0 atom stereocenters. The van der Waals surface area contributed by atoms with Gasteiger partial charge in [0.15, 0.2) is 0 Å². The maximum atomic E-state index is 13.2. The summed E-state index contributed by atoms with van der Waals surface area (Å²) in [5, 5.41) is 0. The van der Waals surface area contributed by atoms with Crippen LogP contribution in [0.15, 0.2) is 40.9 Å². The zero-order valence-electron chi connectivity index (χ0n) is 10.6. The molecule has 0 saturated heterocycles. The molecular formula is C15H15BrFNO. The highest BCUT2D eigenvalue weighted by molar-refractivity contribution is 9.10. The molecular weight excluding hydrogens is 309 g/mol. The number of hydrogen-bond acceptors (Lipinski definition) is 2. The van der Waals surface area contributed by atoms with Gasteiger partial charge >= 0.3 is 0 Å². The van der Waals surface area contributed by atoms with E-state index in [1.54, 1.807) is 6.07 Å². The molecule has 0 amide bonds. The molecule has 2 N–H and O–H groups in total. The number of hydrogen-bond donors (Lipinski definition) is 1. The van der Waals surface area contributed by atoms with Gasteiger partial charge in [-0.2, -0.15) is 0 Å². The van der Waals surface area contributed by atoms with Crippen LogP contribution in [-0.4, -0.2) is 6.54 Å². The lowest BCUT2D eigenvalue weighted by atomic mass is 10.1. The summed E-state index contributed by atoms with van der Waals surface area (Å²) in [5.41, 5.74) is 7.55. The van der Waals surface area contributed by atoms with E-state index in [1.165, 1.54) is 12.1 Å². The van der Waals surface area contributed by atoms with Crippen LogP contribution in [0, 0.1) is 12.7 Å². The van der Waals surface area contributed by atoms with Crippen molar-refractivity contribution in [3.63, 3.8) is 0 Å². The van der Waals surface area contributed by atoms with Crippen molar-refractivity contribution in [3.8, 4) is 11.5 Å². The number of halogens is 2. The average molecular weight is 324 g/mol. The maximum Gasteiger partial charge on any atom is 0.141 e. The fourth-order valence-electron chi connectivity index (χ4n) is 1.75. The number of benzene rings is 2. The lowest BCUT2D eigenvalue weighted by Gasteiger charge is -2.11. The van der Waals surface area contributed by atoms with Crippen LogP contribution in [0.4, 0.5) is 4.39 Å². The smallest absolute Gasteiger partial charge is 0.141 e. The number of ether oxygens (including phenoxy) is 1. The van der Waals surface area contributed by atoms with Crippen molar-refractivity contribution in [1.29, 1.82) is 0 Å². The highest BCUT2D eigenvalue weighted by Crippen LogP contribution is 2.32. The monoisotopic (exact) mass is 323 g/mol. The normalized spacial score (nSPS) is 10.5. The summed E-state index contributed by atoms with van der Waals surface area (Å²) in [4.78, 5) is 0. The molecule has 0 saturated carbocycles. The third-order valence-electron chi connectivity index (χ3n) is 2.80. The van der Waals surface area contributed by atoms with E-state index in [0.29, 0.717) is 18.0 Å². The van der Waals surface area contributed by atoms with E-state index in [-0.39, 0.29) is 5.82 Å². The molecule has 0 heterocycles. The first-order chi connectivity index (χ1) is 9.10. The maximum absolute atomic E-state index is 13.2. The van der Waals surface area contributed by atoms with Crippen molar-refractivity contribution in [2.75, 3.05) is 6.54 Å². The number of nitrogens with two attached hydrogens (primary N) is 1. The second kappa shape index (κ2) is 6.17. The summed E-state index contributed by atoms with van der Waals surface area (Å²) in [6.45, 7) is 2.49. The quantitative estimate of drug-likeness (QED) is 0.915. The van der Waals surface area contributed by atoms with Crippen LogP contribution in [-0.2, 0) is 6.42 Å². The Balaban J connectivity index is 2.25. The second-order valence-corrected chi connectivity index (χ2v) is 5.17. The second-order valence-electron chi connectivity index (χ2n) is 4.32. The molecule has 0 fully saturated rings. The van der Waals surface area contributed by atoms with E-state index in [4.69, 9.17) is 10.5 Å². The highest BCUT2D eigenvalue weighted by Gasteiger charge is 2.07. The minimum atomic E-state index is -0.309. The predicted octanol–water partition coefficient (Wildman–Crippen LogP) is 4.19. The largest absolute Gasteiger partial charge is 0.456 e. The van der Waals surface area contributed by atoms with Gasteiger partial charge < -0.3 is 10.5 Å². The fraction of sp³-hybridized carbons (Fsp3) is 0.200. The van der Waals surface area contributed by atoms with Crippen molar-refractivity contribution < 1.29 is 9.13 Å². The van der Waals surface area contributed by atoms with Gasteiger partial charge in [0.2, 0.25) is 0 Å². The van der Waals surface area contributed by atoms with E-state index in [2.05, 4.69) is 15.9 Å². The van der Waals surface area contributed by atoms with Gasteiger partial charge in [-0.1, -0.05) is 12.1 Å². The van der Waals surface area contributed by atoms with Crippen molar-refractivity contribution in [1.82, 2.24) is 0 Å². The van der Waals surface area contributed by atoms with Gasteiger partial charge in [-0.25, -0.2) is 4.39 Å². The average Bonchev–Trinajstić information content (AvgIpc) is 2.37. The summed E-state index contributed by atoms with van der Waals surface area (Å²) in [7, 11) is 0. The summed E-state index contributed by atoms with van der Waals surface area (Å²) < 4.78 is 19.8. The van der Waals surface area contributed by atoms with Gasteiger partial charge in [0.1, 0.15) is 17.3 Å². The fourth-order valence-corrected chi connectivity index (χ4v) is 2.26. The predicted molar refractivity (Wildman–Crippen MR) is 78.1 cm³/mol. The zero-order valence-corrected chi connectivity index (χ0v) is 12.2. The van der Waals surface area contributed by atoms with Crippen molar-refractivity contribution in [3.05, 3.63) is 57.8 Å². The topological polar surface area (TPSA) is 35.2 Å². The van der Waals surface area contributed by atoms with Gasteiger partial charge in [0.25, 0.3) is 0 Å². The van der Waals surface area contributed by atoms with Gasteiger partial charge in [-0.05, 0) is 65.1 Å². The van der Waals surface area contributed by atoms with E-state index in [0.717, 1.165) is 22.0 Å². The lowest BCUT2D eigenvalue weighted by molar-refractivity contribution is 0.470. The number of rotatable bonds is 4. The van der Waals surface area contributed by atoms with Crippen molar-refractivity contribution in [2.45, 2.75) is 13.3 Å². The van der Waals surface area contributed by atoms with Crippen LogP contribution in [0.3, 0.4) is 0 Å².